The second-order valence-corrected chi connectivity index (χ2v) is 18.4. The van der Waals surface area contributed by atoms with Gasteiger partial charge < -0.3 is 34.6 Å². The van der Waals surface area contributed by atoms with Crippen LogP contribution in [0.5, 0.6) is 11.5 Å². The van der Waals surface area contributed by atoms with Crippen LogP contribution in [-0.2, 0) is 35.6 Å². The standard InChI is InChI=1S/C40H52N6O9S/c1-3-27-20-40(27,38(49)44-56(51,52)30-11-12-30)43-36(47)33-19-29-22-46(33)37(48)35(25-7-4-5-8-25)42-39(50)45-15-14-24(21-45)23-54-16-6-9-32-34(55-29)18-26-17-28(53-2)10-13-31(26)41-32/h3,10,13,17-18,24-25,27,29-30,33,35H,1,4-9,11-12,14-16,19-23H2,2H3,(H,42,50)(H,43,47)(H,44,49)/t24-,27+,29+,33-,35-,40+/m0/s1. The summed E-state index contributed by atoms with van der Waals surface area (Å²) < 4.78 is 46.1. The quantitative estimate of drug-likeness (QED) is 0.336. The van der Waals surface area contributed by atoms with Crippen molar-refractivity contribution in [3.8, 4) is 11.5 Å². The third kappa shape index (κ3) is 7.78. The van der Waals surface area contributed by atoms with Gasteiger partial charge in [0.1, 0.15) is 35.2 Å². The number of aromatic nitrogens is 1. The molecule has 3 aliphatic heterocycles. The third-order valence-corrected chi connectivity index (χ3v) is 14.3. The number of ether oxygens (including phenoxy) is 3. The van der Waals surface area contributed by atoms with Gasteiger partial charge in [-0.2, -0.15) is 0 Å². The molecule has 1 aromatic heterocycles. The number of urea groups is 1. The molecule has 2 aromatic rings. The lowest BCUT2D eigenvalue weighted by Gasteiger charge is -2.33. The number of aryl methyl sites for hydroxylation is 1. The molecule has 3 aliphatic carbocycles. The van der Waals surface area contributed by atoms with Gasteiger partial charge in [0.25, 0.3) is 5.91 Å². The Morgan fingerprint density at radius 2 is 1.89 bits per heavy atom. The first-order chi connectivity index (χ1) is 27.0. The van der Waals surface area contributed by atoms with Gasteiger partial charge >= 0.3 is 6.03 Å². The van der Waals surface area contributed by atoms with Gasteiger partial charge in [-0.05, 0) is 81.5 Å². The number of amides is 5. The highest BCUT2D eigenvalue weighted by atomic mass is 32.2. The van der Waals surface area contributed by atoms with Crippen molar-refractivity contribution >= 4 is 44.7 Å². The summed E-state index contributed by atoms with van der Waals surface area (Å²) in [7, 11) is -2.29. The molecule has 3 saturated carbocycles. The topological polar surface area (TPSA) is 186 Å². The van der Waals surface area contributed by atoms with Gasteiger partial charge in [0.05, 0.1) is 36.7 Å². The van der Waals surface area contributed by atoms with E-state index in [1.807, 2.05) is 24.3 Å². The highest BCUT2D eigenvalue weighted by Crippen LogP contribution is 2.46. The minimum atomic E-state index is -3.89. The summed E-state index contributed by atoms with van der Waals surface area (Å²) in [6.45, 7) is 5.96. The molecule has 4 heterocycles. The van der Waals surface area contributed by atoms with Gasteiger partial charge in [-0.3, -0.25) is 19.1 Å². The minimum absolute atomic E-state index is 0.0423. The SMILES string of the molecule is C=C[C@@H]1C[C@]1(NC(=O)[C@@H]1C[C@@H]2CN1C(=O)[C@H](C1CCCC1)NC(=O)N1CC[C@H](COCCCc3nc4ccc(OC)cc4cc3O2)C1)C(=O)NS(=O)(=O)C1CC1. The van der Waals surface area contributed by atoms with Crippen molar-refractivity contribution < 1.29 is 41.8 Å². The lowest BCUT2D eigenvalue weighted by atomic mass is 9.96. The second-order valence-electron chi connectivity index (χ2n) is 16.4. The third-order valence-electron chi connectivity index (χ3n) is 12.5. The van der Waals surface area contributed by atoms with E-state index in [2.05, 4.69) is 21.9 Å². The number of nitrogens with zero attached hydrogens (tertiary/aromatic N) is 3. The molecule has 8 rings (SSSR count). The molecule has 5 fully saturated rings. The minimum Gasteiger partial charge on any atom is -0.497 e. The predicted octanol–water partition coefficient (Wildman–Crippen LogP) is 2.81. The highest BCUT2D eigenvalue weighted by Gasteiger charge is 2.62. The Labute approximate surface area is 327 Å². The van der Waals surface area contributed by atoms with Crippen LogP contribution in [0, 0.1) is 17.8 Å². The molecule has 5 amide bonds. The average Bonchev–Trinajstić information content (AvgIpc) is 3.95. The van der Waals surface area contributed by atoms with E-state index in [1.165, 1.54) is 11.0 Å². The van der Waals surface area contributed by atoms with Crippen molar-refractivity contribution in [2.75, 3.05) is 40.0 Å². The van der Waals surface area contributed by atoms with E-state index in [-0.39, 0.29) is 43.2 Å². The number of carbonyl (C=O) groups is 4. The molecule has 16 heteroatoms. The molecule has 6 atom stereocenters. The summed E-state index contributed by atoms with van der Waals surface area (Å²) >= 11 is 0. The summed E-state index contributed by atoms with van der Waals surface area (Å²) in [5, 5.41) is 6.13. The Morgan fingerprint density at radius 1 is 1.09 bits per heavy atom. The summed E-state index contributed by atoms with van der Waals surface area (Å²) in [5.41, 5.74) is -0.0326. The number of carbonyl (C=O) groups excluding carboxylic acids is 4. The highest BCUT2D eigenvalue weighted by molar-refractivity contribution is 7.91. The maximum Gasteiger partial charge on any atom is 0.318 e. The fourth-order valence-electron chi connectivity index (χ4n) is 8.98. The van der Waals surface area contributed by atoms with Crippen LogP contribution in [0.2, 0.25) is 0 Å². The van der Waals surface area contributed by atoms with Gasteiger partial charge in [0.2, 0.25) is 21.8 Å². The van der Waals surface area contributed by atoms with Crippen molar-refractivity contribution in [3.63, 3.8) is 0 Å². The molecule has 0 unspecified atom stereocenters. The van der Waals surface area contributed by atoms with Crippen LogP contribution in [0.1, 0.15) is 69.9 Å². The van der Waals surface area contributed by atoms with Gasteiger partial charge in [-0.15, -0.1) is 6.58 Å². The van der Waals surface area contributed by atoms with Crippen LogP contribution >= 0.6 is 0 Å². The number of pyridine rings is 1. The molecular formula is C40H52N6O9S. The molecule has 302 valence electrons. The lowest BCUT2D eigenvalue weighted by Crippen LogP contribution is -2.59. The van der Waals surface area contributed by atoms with Gasteiger partial charge in [-0.1, -0.05) is 18.9 Å². The summed E-state index contributed by atoms with van der Waals surface area (Å²) in [4.78, 5) is 65.0. The van der Waals surface area contributed by atoms with Crippen LogP contribution < -0.4 is 24.8 Å². The first kappa shape index (κ1) is 38.4. The maximum atomic E-state index is 14.9. The fourth-order valence-corrected chi connectivity index (χ4v) is 10.3. The first-order valence-electron chi connectivity index (χ1n) is 20.1. The van der Waals surface area contributed by atoms with Crippen molar-refractivity contribution in [1.29, 1.82) is 0 Å². The maximum absolute atomic E-state index is 14.9. The Hall–Kier alpha value is -4.44. The molecule has 2 saturated heterocycles. The normalized spacial score (nSPS) is 30.1. The Bertz CT molecular complexity index is 2000. The van der Waals surface area contributed by atoms with E-state index >= 15 is 0 Å². The zero-order valence-corrected chi connectivity index (χ0v) is 32.7. The predicted molar refractivity (Wildman–Crippen MR) is 205 cm³/mol. The van der Waals surface area contributed by atoms with Gasteiger partial charge in [0, 0.05) is 43.3 Å². The number of nitrogens with one attached hydrogen (secondary N) is 3. The lowest BCUT2D eigenvalue weighted by molar-refractivity contribution is -0.142. The number of benzene rings is 1. The average molecular weight is 793 g/mol. The van der Waals surface area contributed by atoms with E-state index in [0.29, 0.717) is 63.5 Å². The van der Waals surface area contributed by atoms with Crippen molar-refractivity contribution in [2.24, 2.45) is 17.8 Å². The Morgan fingerprint density at radius 3 is 2.62 bits per heavy atom. The molecule has 6 aliphatic rings. The molecule has 56 heavy (non-hydrogen) atoms. The first-order valence-corrected chi connectivity index (χ1v) is 21.6. The van der Waals surface area contributed by atoms with E-state index in [4.69, 9.17) is 19.2 Å². The van der Waals surface area contributed by atoms with E-state index in [9.17, 15) is 27.6 Å². The van der Waals surface area contributed by atoms with Crippen LogP contribution in [-0.4, -0.2) is 116 Å². The fraction of sp³-hybridized carbons (Fsp3) is 0.625. The van der Waals surface area contributed by atoms with Gasteiger partial charge in [-0.25, -0.2) is 18.2 Å². The van der Waals surface area contributed by atoms with Crippen molar-refractivity contribution in [3.05, 3.63) is 42.6 Å². The summed E-state index contributed by atoms with van der Waals surface area (Å²) in [6, 6.07) is 5.27. The number of fused-ring (bicyclic) bond motifs is 6. The Kier molecular flexibility index (Phi) is 10.6. The van der Waals surface area contributed by atoms with Crippen molar-refractivity contribution in [1.82, 2.24) is 30.1 Å². The second kappa shape index (κ2) is 15.5. The van der Waals surface area contributed by atoms with E-state index in [1.54, 1.807) is 12.0 Å². The number of rotatable bonds is 8. The Balaban J connectivity index is 1.13. The molecule has 1 aromatic carbocycles. The van der Waals surface area contributed by atoms with Gasteiger partial charge in [0.15, 0.2) is 0 Å². The summed E-state index contributed by atoms with van der Waals surface area (Å²) in [5.74, 6) is -1.06. The molecular weight excluding hydrogens is 741 g/mol. The summed E-state index contributed by atoms with van der Waals surface area (Å²) in [6.07, 6.45) is 7.49. The van der Waals surface area contributed by atoms with Crippen molar-refractivity contribution in [2.45, 2.75) is 99.6 Å². The number of sulfonamides is 1. The molecule has 15 nitrogen and oxygen atoms in total. The molecule has 0 spiro atoms. The number of hydrogen-bond acceptors (Lipinski definition) is 10. The smallest absolute Gasteiger partial charge is 0.318 e. The van der Waals surface area contributed by atoms with E-state index in [0.717, 1.165) is 48.7 Å². The zero-order valence-electron chi connectivity index (χ0n) is 31.9. The largest absolute Gasteiger partial charge is 0.497 e. The van der Waals surface area contributed by atoms with Crippen LogP contribution in [0.25, 0.3) is 10.9 Å². The monoisotopic (exact) mass is 792 g/mol. The molecule has 3 N–H and O–H groups in total. The van der Waals surface area contributed by atoms with E-state index < -0.39 is 56.7 Å². The molecule has 4 bridgehead atoms. The number of hydrogen-bond donors (Lipinski definition) is 3. The van der Waals surface area contributed by atoms with Crippen LogP contribution in [0.15, 0.2) is 36.9 Å². The molecule has 0 radical (unpaired) electrons. The van der Waals surface area contributed by atoms with Crippen LogP contribution in [0.3, 0.4) is 0 Å². The number of methoxy groups -OCH3 is 1. The van der Waals surface area contributed by atoms with Crippen LogP contribution in [0.4, 0.5) is 4.79 Å². The zero-order chi connectivity index (χ0) is 39.2.